The van der Waals surface area contributed by atoms with Gasteiger partial charge in [-0.3, -0.25) is 9.97 Å². The lowest BCUT2D eigenvalue weighted by Crippen LogP contribution is -2.22. The largest absolute Gasteiger partial charge is 0.362 e. The third-order valence-corrected chi connectivity index (χ3v) is 5.61. The molecule has 2 aromatic heterocycles. The maximum atomic E-state index is 8.26. The van der Waals surface area contributed by atoms with Crippen LogP contribution in [0.15, 0.2) is 36.8 Å². The molecule has 2 N–H and O–H groups in total. The minimum absolute atomic E-state index is 0.433. The zero-order chi connectivity index (χ0) is 18.3. The minimum Gasteiger partial charge on any atom is -0.362 e. The molecule has 0 aromatic carbocycles. The quantitative estimate of drug-likeness (QED) is 0.297. The van der Waals surface area contributed by atoms with Crippen molar-refractivity contribution in [2.75, 3.05) is 18.7 Å². The molecule has 0 saturated carbocycles. The van der Waals surface area contributed by atoms with E-state index in [0.717, 1.165) is 35.2 Å². The molecule has 6 heteroatoms. The van der Waals surface area contributed by atoms with Crippen LogP contribution in [-0.2, 0) is 4.74 Å². The van der Waals surface area contributed by atoms with Gasteiger partial charge in [-0.15, -0.1) is 0 Å². The summed E-state index contributed by atoms with van der Waals surface area (Å²) in [6.45, 7) is 10.2. The normalized spacial score (nSPS) is 11.4. The molecule has 0 bridgehead atoms. The van der Waals surface area contributed by atoms with Crippen molar-refractivity contribution >= 4 is 19.5 Å². The topological polar surface area (TPSA) is 70.9 Å². The van der Waals surface area contributed by atoms with Crippen molar-refractivity contribution in [3.8, 4) is 11.3 Å². The molecule has 0 spiro atoms. The van der Waals surface area contributed by atoms with E-state index in [1.807, 2.05) is 25.1 Å². The van der Waals surface area contributed by atoms with Gasteiger partial charge in [-0.1, -0.05) is 26.6 Å². The summed E-state index contributed by atoms with van der Waals surface area (Å²) in [5, 5.41) is 11.5. The number of hydrogen-bond acceptors (Lipinski definition) is 5. The molecule has 0 aliphatic heterocycles. The van der Waals surface area contributed by atoms with Crippen LogP contribution in [0.25, 0.3) is 11.3 Å². The van der Waals surface area contributed by atoms with Gasteiger partial charge in [0, 0.05) is 43.9 Å². The predicted molar refractivity (Wildman–Crippen MR) is 107 cm³/mol. The fraction of sp³-hybridized carbons (Fsp3) is 0.421. The van der Waals surface area contributed by atoms with E-state index in [4.69, 9.17) is 10.1 Å². The van der Waals surface area contributed by atoms with E-state index >= 15 is 0 Å². The van der Waals surface area contributed by atoms with Crippen molar-refractivity contribution in [1.82, 2.24) is 9.97 Å². The summed E-state index contributed by atoms with van der Waals surface area (Å²) in [6, 6.07) is 6.96. The molecule has 5 nitrogen and oxygen atoms in total. The smallest absolute Gasteiger partial charge is 0.116 e. The van der Waals surface area contributed by atoms with E-state index in [0.29, 0.717) is 18.9 Å². The molecule has 0 atom stereocenters. The van der Waals surface area contributed by atoms with Crippen LogP contribution in [0.4, 0.5) is 5.69 Å². The number of rotatable bonds is 9. The molecule has 2 heterocycles. The summed E-state index contributed by atoms with van der Waals surface area (Å²) < 4.78 is 5.71. The average molecular weight is 357 g/mol. The first-order chi connectivity index (χ1) is 11.9. The number of nitrogens with one attached hydrogen (secondary N) is 2. The highest BCUT2D eigenvalue weighted by atomic mass is 28.3. The number of hydrogen-bond donors (Lipinski definition) is 2. The molecule has 0 radical (unpaired) electrons. The van der Waals surface area contributed by atoms with E-state index in [9.17, 15) is 0 Å². The van der Waals surface area contributed by atoms with Crippen LogP contribution in [0.1, 0.15) is 18.9 Å². The zero-order valence-corrected chi connectivity index (χ0v) is 16.6. The molecule has 2 rings (SSSR count). The summed E-state index contributed by atoms with van der Waals surface area (Å²) >= 11 is 0. The van der Waals surface area contributed by atoms with Gasteiger partial charge in [-0.25, -0.2) is 0 Å². The fourth-order valence-corrected chi connectivity index (χ4v) is 3.04. The molecule has 0 aliphatic carbocycles. The van der Waals surface area contributed by atoms with E-state index in [1.165, 1.54) is 0 Å². The van der Waals surface area contributed by atoms with Gasteiger partial charge in [0.1, 0.15) is 6.73 Å². The number of ether oxygens (including phenoxy) is 1. The lowest BCUT2D eigenvalue weighted by Gasteiger charge is -2.17. The highest BCUT2D eigenvalue weighted by molar-refractivity contribution is 6.76. The molecule has 0 amide bonds. The molecule has 25 heavy (non-hydrogen) atoms. The van der Waals surface area contributed by atoms with E-state index in [1.54, 1.807) is 18.6 Å². The van der Waals surface area contributed by atoms with Crippen molar-refractivity contribution in [3.05, 3.63) is 42.4 Å². The molecule has 0 fully saturated rings. The molecule has 0 saturated heterocycles. The minimum atomic E-state index is -1.07. The van der Waals surface area contributed by atoms with Crippen LogP contribution in [-0.4, -0.2) is 37.1 Å². The van der Waals surface area contributed by atoms with E-state index in [-0.39, 0.29) is 0 Å². The van der Waals surface area contributed by atoms with Crippen molar-refractivity contribution in [2.24, 2.45) is 0 Å². The summed E-state index contributed by atoms with van der Waals surface area (Å²) in [5.41, 5.74) is 4.06. The number of pyridine rings is 2. The molecular formula is C19H28N4OSi. The van der Waals surface area contributed by atoms with Crippen molar-refractivity contribution in [3.63, 3.8) is 0 Å². The molecule has 2 aromatic rings. The standard InChI is InChI=1S/C19H28N4OSi/c1-5-17(20)16-11-18(15-7-6-8-21-12-15)22-13-19(16)23-14-24-9-10-25(2,3)4/h6-8,11-13,20,23H,5,9-10,14H2,1-4H3. The second kappa shape index (κ2) is 8.87. The first-order valence-corrected chi connectivity index (χ1v) is 12.4. The van der Waals surface area contributed by atoms with Crippen LogP contribution < -0.4 is 5.32 Å². The van der Waals surface area contributed by atoms with E-state index in [2.05, 4.69) is 34.9 Å². The molecule has 0 aliphatic rings. The third-order valence-electron chi connectivity index (χ3n) is 3.90. The third kappa shape index (κ3) is 6.06. The number of aromatic nitrogens is 2. The van der Waals surface area contributed by atoms with Crippen molar-refractivity contribution in [2.45, 2.75) is 39.0 Å². The Kier molecular flexibility index (Phi) is 6.84. The van der Waals surface area contributed by atoms with E-state index < -0.39 is 8.07 Å². The highest BCUT2D eigenvalue weighted by Gasteiger charge is 2.13. The van der Waals surface area contributed by atoms with Gasteiger partial charge < -0.3 is 15.5 Å². The SMILES string of the molecule is CCC(=N)c1cc(-c2cccnc2)ncc1NCOCC[Si](C)(C)C. The van der Waals surface area contributed by atoms with Gasteiger partial charge >= 0.3 is 0 Å². The Morgan fingerprint density at radius 1 is 1.28 bits per heavy atom. The molecular weight excluding hydrogens is 328 g/mol. The first kappa shape index (κ1) is 19.3. The predicted octanol–water partition coefficient (Wildman–Crippen LogP) is 4.65. The van der Waals surface area contributed by atoms with Crippen LogP contribution in [0.2, 0.25) is 25.7 Å². The van der Waals surface area contributed by atoms with Crippen LogP contribution in [0, 0.1) is 5.41 Å². The average Bonchev–Trinajstić information content (AvgIpc) is 2.60. The second-order valence-corrected chi connectivity index (χ2v) is 12.9. The van der Waals surface area contributed by atoms with Gasteiger partial charge in [0.15, 0.2) is 0 Å². The van der Waals surface area contributed by atoms with Gasteiger partial charge in [0.05, 0.1) is 17.6 Å². The lowest BCUT2D eigenvalue weighted by molar-refractivity contribution is 0.166. The Morgan fingerprint density at radius 3 is 2.72 bits per heavy atom. The molecule has 134 valence electrons. The maximum Gasteiger partial charge on any atom is 0.116 e. The summed E-state index contributed by atoms with van der Waals surface area (Å²) in [5.74, 6) is 0. The lowest BCUT2D eigenvalue weighted by atomic mass is 10.0. The Bertz CT molecular complexity index is 698. The summed E-state index contributed by atoms with van der Waals surface area (Å²) in [6.07, 6.45) is 5.98. The van der Waals surface area contributed by atoms with Gasteiger partial charge in [-0.05, 0) is 30.7 Å². The second-order valence-electron chi connectivity index (χ2n) is 7.23. The van der Waals surface area contributed by atoms with Crippen LogP contribution >= 0.6 is 0 Å². The summed E-state index contributed by atoms with van der Waals surface area (Å²) in [4.78, 5) is 8.66. The monoisotopic (exact) mass is 356 g/mol. The number of nitrogens with zero attached hydrogens (tertiary/aromatic N) is 2. The van der Waals surface area contributed by atoms with Gasteiger partial charge in [0.2, 0.25) is 0 Å². The Morgan fingerprint density at radius 2 is 2.08 bits per heavy atom. The molecule has 0 unspecified atom stereocenters. The highest BCUT2D eigenvalue weighted by Crippen LogP contribution is 2.23. The Labute approximate surface area is 151 Å². The first-order valence-electron chi connectivity index (χ1n) is 8.70. The maximum absolute atomic E-state index is 8.26. The zero-order valence-electron chi connectivity index (χ0n) is 15.6. The summed E-state index contributed by atoms with van der Waals surface area (Å²) in [7, 11) is -1.07. The van der Waals surface area contributed by atoms with Crippen LogP contribution in [0.3, 0.4) is 0 Å². The Balaban J connectivity index is 2.08. The number of anilines is 1. The van der Waals surface area contributed by atoms with Crippen molar-refractivity contribution < 1.29 is 4.74 Å². The fourth-order valence-electron chi connectivity index (χ4n) is 2.29. The van der Waals surface area contributed by atoms with Gasteiger partial charge in [0.25, 0.3) is 0 Å². The van der Waals surface area contributed by atoms with Crippen molar-refractivity contribution in [1.29, 1.82) is 5.41 Å². The van der Waals surface area contributed by atoms with Crippen LogP contribution in [0.5, 0.6) is 0 Å². The van der Waals surface area contributed by atoms with Gasteiger partial charge in [-0.2, -0.15) is 0 Å². The Hall–Kier alpha value is -2.05.